The maximum atomic E-state index is 12.6. The summed E-state index contributed by atoms with van der Waals surface area (Å²) in [5.41, 5.74) is 1.45. The van der Waals surface area contributed by atoms with Crippen LogP contribution in [0.25, 0.3) is 0 Å². The topological polar surface area (TPSA) is 54.5 Å². The number of rotatable bonds is 8. The molecule has 0 saturated heterocycles. The first-order valence-electron chi connectivity index (χ1n) is 7.16. The van der Waals surface area contributed by atoms with Gasteiger partial charge in [0.2, 0.25) is 0 Å². The Labute approximate surface area is 149 Å². The SMILES string of the molecule is C=C(/C=C\[C](C)=[W])S(=O)(=O)N(CC)Cc1ccc(C(C)=O)cc1. The van der Waals surface area contributed by atoms with Crippen molar-refractivity contribution in [1.82, 2.24) is 4.31 Å². The Morgan fingerprint density at radius 2 is 1.78 bits per heavy atom. The summed E-state index contributed by atoms with van der Waals surface area (Å²) in [5, 5.41) is 0. The number of carbonyl (C=O) groups excluding carboxylic acids is 1. The molecule has 1 aromatic carbocycles. The summed E-state index contributed by atoms with van der Waals surface area (Å²) in [6, 6.07) is 6.98. The molecule has 1 aromatic rings. The Balaban J connectivity index is 2.96. The Morgan fingerprint density at radius 3 is 2.22 bits per heavy atom. The van der Waals surface area contributed by atoms with Gasteiger partial charge in [-0.3, -0.25) is 4.79 Å². The molecule has 0 aliphatic heterocycles. The summed E-state index contributed by atoms with van der Waals surface area (Å²) in [4.78, 5) is 11.4. The van der Waals surface area contributed by atoms with Crippen molar-refractivity contribution in [3.63, 3.8) is 0 Å². The maximum absolute atomic E-state index is 12.6. The van der Waals surface area contributed by atoms with E-state index in [0.717, 1.165) is 9.46 Å². The van der Waals surface area contributed by atoms with Crippen molar-refractivity contribution in [3.05, 3.63) is 59.0 Å². The van der Waals surface area contributed by atoms with E-state index in [1.54, 1.807) is 43.3 Å². The zero-order valence-electron chi connectivity index (χ0n) is 13.6. The fourth-order valence-corrected chi connectivity index (χ4v) is 3.35. The Kier molecular flexibility index (Phi) is 7.46. The zero-order chi connectivity index (χ0) is 17.6. The summed E-state index contributed by atoms with van der Waals surface area (Å²) >= 11 is 1.29. The van der Waals surface area contributed by atoms with Crippen LogP contribution in [0.3, 0.4) is 0 Å². The first kappa shape index (κ1) is 19.9. The van der Waals surface area contributed by atoms with Crippen molar-refractivity contribution in [2.75, 3.05) is 6.54 Å². The van der Waals surface area contributed by atoms with E-state index >= 15 is 0 Å². The molecule has 0 unspecified atom stereocenters. The van der Waals surface area contributed by atoms with Crippen LogP contribution in [0.1, 0.15) is 36.7 Å². The summed E-state index contributed by atoms with van der Waals surface area (Å²) in [6.07, 6.45) is 3.31. The predicted molar refractivity (Wildman–Crippen MR) is 90.4 cm³/mol. The third-order valence-electron chi connectivity index (χ3n) is 3.25. The van der Waals surface area contributed by atoms with Crippen LogP contribution in [0.5, 0.6) is 0 Å². The molecule has 23 heavy (non-hydrogen) atoms. The van der Waals surface area contributed by atoms with E-state index in [4.69, 9.17) is 0 Å². The Hall–Kier alpha value is -1.16. The van der Waals surface area contributed by atoms with E-state index in [2.05, 4.69) is 6.58 Å². The minimum atomic E-state index is -3.59. The molecule has 0 aromatic heterocycles. The third kappa shape index (κ3) is 5.76. The number of benzene rings is 1. The zero-order valence-corrected chi connectivity index (χ0v) is 17.3. The fraction of sp³-hybridized carbons (Fsp3) is 0.294. The van der Waals surface area contributed by atoms with E-state index in [1.165, 1.54) is 30.6 Å². The van der Waals surface area contributed by atoms with Gasteiger partial charge in [-0.15, -0.1) is 0 Å². The summed E-state index contributed by atoms with van der Waals surface area (Å²) in [6.45, 7) is 9.51. The molecule has 0 N–H and O–H groups in total. The molecule has 0 saturated carbocycles. The second-order valence-electron chi connectivity index (χ2n) is 5.09. The number of hydrogen-bond donors (Lipinski definition) is 0. The molecule has 124 valence electrons. The molecule has 6 heteroatoms. The Bertz CT molecular complexity index is 734. The summed E-state index contributed by atoms with van der Waals surface area (Å²) in [7, 11) is -3.59. The molecule has 0 atom stereocenters. The average molecular weight is 503 g/mol. The van der Waals surface area contributed by atoms with Gasteiger partial charge in [0.05, 0.1) is 0 Å². The van der Waals surface area contributed by atoms with Crippen molar-refractivity contribution in [2.45, 2.75) is 27.3 Å². The van der Waals surface area contributed by atoms with E-state index < -0.39 is 10.0 Å². The number of sulfonamides is 1. The fourth-order valence-electron chi connectivity index (χ4n) is 1.88. The summed E-state index contributed by atoms with van der Waals surface area (Å²) in [5.74, 6) is -0.0108. The molecular weight excluding hydrogens is 482 g/mol. The van der Waals surface area contributed by atoms with Gasteiger partial charge in [-0.05, 0) is 6.92 Å². The molecule has 0 spiro atoms. The molecule has 0 aliphatic carbocycles. The minimum absolute atomic E-state index is 0.0108. The van der Waals surface area contributed by atoms with Crippen molar-refractivity contribution < 1.29 is 32.6 Å². The third-order valence-corrected chi connectivity index (χ3v) is 5.60. The van der Waals surface area contributed by atoms with Gasteiger partial charge < -0.3 is 0 Å². The van der Waals surface area contributed by atoms with Gasteiger partial charge in [0.15, 0.2) is 0 Å². The van der Waals surface area contributed by atoms with Crippen molar-refractivity contribution in [3.8, 4) is 0 Å². The van der Waals surface area contributed by atoms with Crippen LogP contribution in [-0.4, -0.2) is 28.9 Å². The van der Waals surface area contributed by atoms with Gasteiger partial charge in [0.1, 0.15) is 0 Å². The van der Waals surface area contributed by atoms with Crippen molar-refractivity contribution in [1.29, 1.82) is 0 Å². The van der Waals surface area contributed by atoms with E-state index in [-0.39, 0.29) is 17.2 Å². The van der Waals surface area contributed by atoms with Crippen LogP contribution < -0.4 is 0 Å². The van der Waals surface area contributed by atoms with Gasteiger partial charge >= 0.3 is 138 Å². The molecule has 0 bridgehead atoms. The molecular formula is C17H21NO3SW. The first-order chi connectivity index (χ1) is 10.7. The Morgan fingerprint density at radius 1 is 1.22 bits per heavy atom. The molecule has 4 nitrogen and oxygen atoms in total. The van der Waals surface area contributed by atoms with Crippen LogP contribution in [0.15, 0.2) is 47.9 Å². The normalized spacial score (nSPS) is 11.8. The quantitative estimate of drug-likeness (QED) is 0.405. The van der Waals surface area contributed by atoms with Gasteiger partial charge in [0.25, 0.3) is 0 Å². The molecule has 0 heterocycles. The summed E-state index contributed by atoms with van der Waals surface area (Å²) < 4.78 is 27.6. The van der Waals surface area contributed by atoms with Crippen LogP contribution in [0.2, 0.25) is 0 Å². The van der Waals surface area contributed by atoms with Gasteiger partial charge in [0, 0.05) is 0 Å². The second-order valence-corrected chi connectivity index (χ2v) is 9.40. The molecule has 1 rings (SSSR count). The molecule has 0 fully saturated rings. The van der Waals surface area contributed by atoms with Crippen molar-refractivity contribution >= 4 is 19.7 Å². The van der Waals surface area contributed by atoms with Gasteiger partial charge in [-0.2, -0.15) is 0 Å². The second kappa shape index (κ2) is 8.62. The van der Waals surface area contributed by atoms with E-state index in [1.807, 2.05) is 6.92 Å². The monoisotopic (exact) mass is 503 g/mol. The number of Topliss-reactive ketones (excluding diaryl/α,β-unsaturated/α-hetero) is 1. The standard InChI is InChI=1S/C17H21NO3S.W/c1-5-7-8-14(3)22(20,21)18(6-2)13-16-9-11-17(12-10-16)15(4)19;/h7-12H,3,6,13H2,1-2,4H3;/b8-7-;. The molecule has 0 radical (unpaired) electrons. The van der Waals surface area contributed by atoms with Crippen molar-refractivity contribution in [2.24, 2.45) is 0 Å². The number of ketones is 1. The van der Waals surface area contributed by atoms with Gasteiger partial charge in [-0.25, -0.2) is 0 Å². The number of nitrogens with zero attached hydrogens (tertiary/aromatic N) is 1. The van der Waals surface area contributed by atoms with Crippen LogP contribution in [0.4, 0.5) is 0 Å². The number of allylic oxidation sites excluding steroid dienone is 2. The average Bonchev–Trinajstić information content (AvgIpc) is 2.50. The number of carbonyl (C=O) groups is 1. The number of hydrogen-bond acceptors (Lipinski definition) is 3. The van der Waals surface area contributed by atoms with E-state index in [0.29, 0.717) is 12.1 Å². The molecule has 0 aliphatic rings. The van der Waals surface area contributed by atoms with Crippen LogP contribution in [-0.2, 0) is 35.9 Å². The van der Waals surface area contributed by atoms with Crippen LogP contribution in [0, 0.1) is 0 Å². The predicted octanol–water partition coefficient (Wildman–Crippen LogP) is 2.85. The van der Waals surface area contributed by atoms with Gasteiger partial charge in [-0.1, -0.05) is 0 Å². The van der Waals surface area contributed by atoms with Crippen LogP contribution >= 0.6 is 0 Å². The first-order valence-corrected chi connectivity index (χ1v) is 10.1. The molecule has 0 amide bonds. The van der Waals surface area contributed by atoms with E-state index in [9.17, 15) is 13.2 Å².